The van der Waals surface area contributed by atoms with Crippen molar-refractivity contribution in [3.05, 3.63) is 29.6 Å². The van der Waals surface area contributed by atoms with Crippen LogP contribution in [0.25, 0.3) is 11.0 Å². The molecule has 2 aromatic rings. The third-order valence-electron chi connectivity index (χ3n) is 3.39. The standard InChI is InChI=1S/C12H12F2N2/c1-12(2)5-6(12)11-15-9-3-7(13)8(14)4-10(9)16-11/h3-4,6H,5H2,1-2H3,(H,15,16). The van der Waals surface area contributed by atoms with Crippen LogP contribution in [0.3, 0.4) is 0 Å². The monoisotopic (exact) mass is 222 g/mol. The van der Waals surface area contributed by atoms with Gasteiger partial charge in [-0.2, -0.15) is 0 Å². The van der Waals surface area contributed by atoms with E-state index in [1.807, 2.05) is 0 Å². The number of halogens is 2. The smallest absolute Gasteiger partial charge is 0.161 e. The SMILES string of the molecule is CC1(C)CC1c1nc2cc(F)c(F)cc2[nH]1. The van der Waals surface area contributed by atoms with Crippen LogP contribution in [-0.4, -0.2) is 9.97 Å². The van der Waals surface area contributed by atoms with Gasteiger partial charge in [-0.15, -0.1) is 0 Å². The predicted molar refractivity (Wildman–Crippen MR) is 57.1 cm³/mol. The van der Waals surface area contributed by atoms with Crippen molar-refractivity contribution >= 4 is 11.0 Å². The number of benzene rings is 1. The molecule has 2 nitrogen and oxygen atoms in total. The number of H-pyrrole nitrogens is 1. The first kappa shape index (κ1) is 9.75. The van der Waals surface area contributed by atoms with E-state index in [0.29, 0.717) is 17.0 Å². The van der Waals surface area contributed by atoms with Crippen molar-refractivity contribution in [2.24, 2.45) is 5.41 Å². The van der Waals surface area contributed by atoms with E-state index < -0.39 is 11.6 Å². The molecule has 0 saturated heterocycles. The summed E-state index contributed by atoms with van der Waals surface area (Å²) in [6.45, 7) is 4.32. The molecule has 4 heteroatoms. The molecule has 1 atom stereocenters. The van der Waals surface area contributed by atoms with E-state index in [1.54, 1.807) is 0 Å². The normalized spacial score (nSPS) is 22.6. The maximum atomic E-state index is 13.0. The molecule has 1 N–H and O–H groups in total. The molecule has 1 aromatic carbocycles. The molecule has 1 aliphatic carbocycles. The van der Waals surface area contributed by atoms with Gasteiger partial charge in [-0.05, 0) is 11.8 Å². The number of hydrogen-bond acceptors (Lipinski definition) is 1. The number of nitrogens with one attached hydrogen (secondary N) is 1. The summed E-state index contributed by atoms with van der Waals surface area (Å²) in [5, 5.41) is 0. The van der Waals surface area contributed by atoms with Gasteiger partial charge in [-0.25, -0.2) is 13.8 Å². The van der Waals surface area contributed by atoms with Crippen molar-refractivity contribution < 1.29 is 8.78 Å². The van der Waals surface area contributed by atoms with E-state index in [2.05, 4.69) is 23.8 Å². The number of fused-ring (bicyclic) bond motifs is 1. The van der Waals surface area contributed by atoms with Crippen molar-refractivity contribution in [3.8, 4) is 0 Å². The second-order valence-electron chi connectivity index (χ2n) is 5.15. The summed E-state index contributed by atoms with van der Waals surface area (Å²) >= 11 is 0. The summed E-state index contributed by atoms with van der Waals surface area (Å²) < 4.78 is 26.0. The molecule has 1 unspecified atom stereocenters. The van der Waals surface area contributed by atoms with E-state index in [-0.39, 0.29) is 5.41 Å². The summed E-state index contributed by atoms with van der Waals surface area (Å²) in [6.07, 6.45) is 1.07. The Morgan fingerprint density at radius 1 is 1.31 bits per heavy atom. The molecule has 0 bridgehead atoms. The molecular formula is C12H12F2N2. The lowest BCUT2D eigenvalue weighted by Gasteiger charge is -1.97. The predicted octanol–water partition coefficient (Wildman–Crippen LogP) is 3.35. The summed E-state index contributed by atoms with van der Waals surface area (Å²) in [7, 11) is 0. The van der Waals surface area contributed by atoms with Crippen LogP contribution in [0, 0.1) is 17.0 Å². The molecule has 84 valence electrons. The van der Waals surface area contributed by atoms with Crippen molar-refractivity contribution in [1.29, 1.82) is 0 Å². The molecule has 1 aromatic heterocycles. The molecular weight excluding hydrogens is 210 g/mol. The van der Waals surface area contributed by atoms with E-state index >= 15 is 0 Å². The van der Waals surface area contributed by atoms with Gasteiger partial charge >= 0.3 is 0 Å². The average Bonchev–Trinajstić information content (AvgIpc) is 2.66. The first-order chi connectivity index (χ1) is 7.47. The summed E-state index contributed by atoms with van der Waals surface area (Å²) in [4.78, 5) is 7.37. The Morgan fingerprint density at radius 2 is 1.94 bits per heavy atom. The third kappa shape index (κ3) is 1.32. The van der Waals surface area contributed by atoms with Gasteiger partial charge < -0.3 is 4.98 Å². The Bertz CT molecular complexity index is 533. The van der Waals surface area contributed by atoms with Gasteiger partial charge in [-0.3, -0.25) is 0 Å². The Morgan fingerprint density at radius 3 is 2.56 bits per heavy atom. The zero-order chi connectivity index (χ0) is 11.5. The quantitative estimate of drug-likeness (QED) is 0.787. The molecule has 0 radical (unpaired) electrons. The number of rotatable bonds is 1. The second-order valence-corrected chi connectivity index (χ2v) is 5.15. The number of aromatic nitrogens is 2. The highest BCUT2D eigenvalue weighted by Crippen LogP contribution is 2.57. The molecule has 3 rings (SSSR count). The number of aromatic amines is 1. The van der Waals surface area contributed by atoms with E-state index in [9.17, 15) is 8.78 Å². The highest BCUT2D eigenvalue weighted by molar-refractivity contribution is 5.75. The van der Waals surface area contributed by atoms with E-state index in [0.717, 1.165) is 24.4 Å². The average molecular weight is 222 g/mol. The Kier molecular flexibility index (Phi) is 1.71. The van der Waals surface area contributed by atoms with Crippen LogP contribution >= 0.6 is 0 Å². The second kappa shape index (κ2) is 2.81. The zero-order valence-corrected chi connectivity index (χ0v) is 9.14. The van der Waals surface area contributed by atoms with Gasteiger partial charge in [0.1, 0.15) is 5.82 Å². The first-order valence-electron chi connectivity index (χ1n) is 5.32. The maximum Gasteiger partial charge on any atom is 0.161 e. The minimum absolute atomic E-state index is 0.255. The lowest BCUT2D eigenvalue weighted by Crippen LogP contribution is -1.91. The molecule has 0 aliphatic heterocycles. The highest BCUT2D eigenvalue weighted by atomic mass is 19.2. The largest absolute Gasteiger partial charge is 0.342 e. The van der Waals surface area contributed by atoms with E-state index in [4.69, 9.17) is 0 Å². The van der Waals surface area contributed by atoms with Crippen molar-refractivity contribution in [2.75, 3.05) is 0 Å². The van der Waals surface area contributed by atoms with Crippen LogP contribution in [0.2, 0.25) is 0 Å². The molecule has 1 saturated carbocycles. The zero-order valence-electron chi connectivity index (χ0n) is 9.14. The number of nitrogens with zero attached hydrogens (tertiary/aromatic N) is 1. The van der Waals surface area contributed by atoms with Crippen molar-refractivity contribution in [1.82, 2.24) is 9.97 Å². The molecule has 0 amide bonds. The van der Waals surface area contributed by atoms with Gasteiger partial charge in [0.25, 0.3) is 0 Å². The van der Waals surface area contributed by atoms with Gasteiger partial charge in [0, 0.05) is 18.1 Å². The summed E-state index contributed by atoms with van der Waals surface area (Å²) in [6, 6.07) is 2.30. The van der Waals surface area contributed by atoms with Crippen LogP contribution in [0.5, 0.6) is 0 Å². The molecule has 1 heterocycles. The third-order valence-corrected chi connectivity index (χ3v) is 3.39. The lowest BCUT2D eigenvalue weighted by atomic mass is 10.1. The Balaban J connectivity index is 2.10. The lowest BCUT2D eigenvalue weighted by molar-refractivity contribution is 0.510. The number of hydrogen-bond donors (Lipinski definition) is 1. The van der Waals surface area contributed by atoms with Gasteiger partial charge in [0.05, 0.1) is 11.0 Å². The van der Waals surface area contributed by atoms with Gasteiger partial charge in [0.15, 0.2) is 11.6 Å². The fourth-order valence-electron chi connectivity index (χ4n) is 2.12. The minimum Gasteiger partial charge on any atom is -0.342 e. The van der Waals surface area contributed by atoms with Crippen molar-refractivity contribution in [2.45, 2.75) is 26.2 Å². The van der Waals surface area contributed by atoms with Crippen LogP contribution in [0.1, 0.15) is 32.0 Å². The fourth-order valence-corrected chi connectivity index (χ4v) is 2.12. The van der Waals surface area contributed by atoms with Crippen LogP contribution in [0.15, 0.2) is 12.1 Å². The highest BCUT2D eigenvalue weighted by Gasteiger charge is 2.48. The summed E-state index contributed by atoms with van der Waals surface area (Å²) in [5.41, 5.74) is 1.32. The first-order valence-corrected chi connectivity index (χ1v) is 5.32. The van der Waals surface area contributed by atoms with Gasteiger partial charge in [-0.1, -0.05) is 13.8 Å². The molecule has 1 fully saturated rings. The van der Waals surface area contributed by atoms with Crippen LogP contribution in [0.4, 0.5) is 8.78 Å². The number of imidazole rings is 1. The van der Waals surface area contributed by atoms with Crippen LogP contribution < -0.4 is 0 Å². The van der Waals surface area contributed by atoms with Gasteiger partial charge in [0.2, 0.25) is 0 Å². The minimum atomic E-state index is -0.847. The molecule has 1 aliphatic rings. The van der Waals surface area contributed by atoms with E-state index in [1.165, 1.54) is 0 Å². The maximum absolute atomic E-state index is 13.0. The Hall–Kier alpha value is -1.45. The molecule has 0 spiro atoms. The van der Waals surface area contributed by atoms with Crippen molar-refractivity contribution in [3.63, 3.8) is 0 Å². The molecule has 16 heavy (non-hydrogen) atoms. The fraction of sp³-hybridized carbons (Fsp3) is 0.417. The summed E-state index contributed by atoms with van der Waals surface area (Å²) in [5.74, 6) is -0.464. The van der Waals surface area contributed by atoms with Crippen LogP contribution in [-0.2, 0) is 0 Å². The topological polar surface area (TPSA) is 28.7 Å². The Labute approximate surface area is 91.7 Å².